The van der Waals surface area contributed by atoms with E-state index in [1.807, 2.05) is 6.92 Å². The summed E-state index contributed by atoms with van der Waals surface area (Å²) >= 11 is 0. The standard InChI is InChI=1S/C7H15N3/c1-5-9-10(6-8-4)7(2)3/h5-7H,1-4H3/b8-6-,9-5-. The first-order chi connectivity index (χ1) is 4.72. The molecule has 0 aromatic rings. The van der Waals surface area contributed by atoms with Gasteiger partial charge in [-0.2, -0.15) is 5.10 Å². The van der Waals surface area contributed by atoms with Crippen LogP contribution in [0.15, 0.2) is 10.1 Å². The fourth-order valence-electron chi connectivity index (χ4n) is 0.548. The third-order valence-corrected chi connectivity index (χ3v) is 1.01. The summed E-state index contributed by atoms with van der Waals surface area (Å²) in [5.41, 5.74) is 0. The first-order valence-electron chi connectivity index (χ1n) is 3.41. The second kappa shape index (κ2) is 4.97. The first-order valence-corrected chi connectivity index (χ1v) is 3.41. The van der Waals surface area contributed by atoms with Crippen molar-refractivity contribution in [1.82, 2.24) is 5.01 Å². The zero-order valence-electron chi connectivity index (χ0n) is 7.07. The van der Waals surface area contributed by atoms with E-state index in [1.165, 1.54) is 0 Å². The average molecular weight is 141 g/mol. The average Bonchev–Trinajstić information content (AvgIpc) is 1.87. The molecule has 0 fully saturated rings. The lowest BCUT2D eigenvalue weighted by molar-refractivity contribution is 0.381. The Kier molecular flexibility index (Phi) is 4.54. The van der Waals surface area contributed by atoms with Gasteiger partial charge in [0.05, 0.1) is 0 Å². The van der Waals surface area contributed by atoms with Crippen molar-refractivity contribution < 1.29 is 0 Å². The lowest BCUT2D eigenvalue weighted by atomic mass is 10.4. The third kappa shape index (κ3) is 3.22. The van der Waals surface area contributed by atoms with Gasteiger partial charge in [-0.15, -0.1) is 0 Å². The van der Waals surface area contributed by atoms with E-state index in [0.717, 1.165) is 0 Å². The number of hydrogen-bond acceptors (Lipinski definition) is 2. The largest absolute Gasteiger partial charge is 0.277 e. The smallest absolute Gasteiger partial charge is 0.106 e. The van der Waals surface area contributed by atoms with E-state index in [1.54, 1.807) is 24.6 Å². The Hall–Kier alpha value is -0.860. The molecule has 0 aliphatic heterocycles. The molecule has 0 heterocycles. The normalized spacial score (nSPS) is 12.1. The van der Waals surface area contributed by atoms with Crippen LogP contribution in [0.25, 0.3) is 0 Å². The molecular weight excluding hydrogens is 126 g/mol. The van der Waals surface area contributed by atoms with Crippen LogP contribution in [0, 0.1) is 0 Å². The number of hydrogen-bond donors (Lipinski definition) is 0. The van der Waals surface area contributed by atoms with Crippen LogP contribution < -0.4 is 0 Å². The van der Waals surface area contributed by atoms with E-state index in [9.17, 15) is 0 Å². The highest BCUT2D eigenvalue weighted by molar-refractivity contribution is 5.59. The quantitative estimate of drug-likeness (QED) is 0.331. The predicted molar refractivity (Wildman–Crippen MR) is 45.6 cm³/mol. The van der Waals surface area contributed by atoms with Crippen molar-refractivity contribution in [2.24, 2.45) is 10.1 Å². The minimum Gasteiger partial charge on any atom is -0.277 e. The van der Waals surface area contributed by atoms with Gasteiger partial charge in [-0.05, 0) is 20.8 Å². The third-order valence-electron chi connectivity index (χ3n) is 1.01. The molecule has 0 aromatic carbocycles. The van der Waals surface area contributed by atoms with Gasteiger partial charge in [-0.1, -0.05) is 0 Å². The maximum atomic E-state index is 4.07. The van der Waals surface area contributed by atoms with Gasteiger partial charge in [-0.3, -0.25) is 10.0 Å². The zero-order chi connectivity index (χ0) is 7.98. The molecule has 0 amide bonds. The Morgan fingerprint density at radius 2 is 2.00 bits per heavy atom. The molecule has 0 rings (SSSR count). The maximum Gasteiger partial charge on any atom is 0.106 e. The number of hydrazone groups is 1. The molecule has 0 spiro atoms. The van der Waals surface area contributed by atoms with Gasteiger partial charge in [0, 0.05) is 19.3 Å². The monoisotopic (exact) mass is 141 g/mol. The Morgan fingerprint density at radius 1 is 1.40 bits per heavy atom. The molecule has 0 aromatic heterocycles. The number of aliphatic imine (C=N–C) groups is 1. The highest BCUT2D eigenvalue weighted by Crippen LogP contribution is 1.93. The Bertz CT molecular complexity index is 115. The summed E-state index contributed by atoms with van der Waals surface area (Å²) < 4.78 is 0. The SMILES string of the molecule is C/C=N\N(/C=N\C)C(C)C. The summed E-state index contributed by atoms with van der Waals surface area (Å²) in [5, 5.41) is 5.88. The summed E-state index contributed by atoms with van der Waals surface area (Å²) in [7, 11) is 1.74. The van der Waals surface area contributed by atoms with E-state index in [4.69, 9.17) is 0 Å². The minimum atomic E-state index is 0.375. The van der Waals surface area contributed by atoms with Crippen LogP contribution in [0.3, 0.4) is 0 Å². The molecule has 0 aliphatic carbocycles. The van der Waals surface area contributed by atoms with E-state index in [0.29, 0.717) is 6.04 Å². The van der Waals surface area contributed by atoms with Crippen molar-refractivity contribution in [3.05, 3.63) is 0 Å². The maximum absolute atomic E-state index is 4.07. The van der Waals surface area contributed by atoms with Crippen molar-refractivity contribution in [3.63, 3.8) is 0 Å². The molecule has 58 valence electrons. The van der Waals surface area contributed by atoms with Crippen LogP contribution in [0.5, 0.6) is 0 Å². The fraction of sp³-hybridized carbons (Fsp3) is 0.714. The van der Waals surface area contributed by atoms with Gasteiger partial charge in [-0.25, -0.2) is 0 Å². The lowest BCUT2D eigenvalue weighted by Gasteiger charge is -2.16. The Labute approximate surface area is 62.4 Å². The molecule has 0 saturated carbocycles. The van der Waals surface area contributed by atoms with E-state index in [-0.39, 0.29) is 0 Å². The summed E-state index contributed by atoms with van der Waals surface area (Å²) in [5.74, 6) is 0. The van der Waals surface area contributed by atoms with Gasteiger partial charge in [0.25, 0.3) is 0 Å². The van der Waals surface area contributed by atoms with Gasteiger partial charge in [0.2, 0.25) is 0 Å². The molecule has 0 saturated heterocycles. The Morgan fingerprint density at radius 3 is 2.30 bits per heavy atom. The molecule has 3 heteroatoms. The van der Waals surface area contributed by atoms with Gasteiger partial charge >= 0.3 is 0 Å². The van der Waals surface area contributed by atoms with E-state index >= 15 is 0 Å². The van der Waals surface area contributed by atoms with Crippen LogP contribution in [0.2, 0.25) is 0 Å². The van der Waals surface area contributed by atoms with Crippen molar-refractivity contribution in [1.29, 1.82) is 0 Å². The zero-order valence-corrected chi connectivity index (χ0v) is 7.07. The molecule has 0 radical (unpaired) electrons. The topological polar surface area (TPSA) is 28.0 Å². The minimum absolute atomic E-state index is 0.375. The molecule has 0 atom stereocenters. The van der Waals surface area contributed by atoms with Crippen molar-refractivity contribution in [3.8, 4) is 0 Å². The second-order valence-corrected chi connectivity index (χ2v) is 2.22. The van der Waals surface area contributed by atoms with Crippen LogP contribution >= 0.6 is 0 Å². The lowest BCUT2D eigenvalue weighted by Crippen LogP contribution is -2.23. The molecular formula is C7H15N3. The van der Waals surface area contributed by atoms with Crippen LogP contribution in [-0.4, -0.2) is 30.7 Å². The highest BCUT2D eigenvalue weighted by Gasteiger charge is 1.99. The molecule has 3 nitrogen and oxygen atoms in total. The van der Waals surface area contributed by atoms with E-state index in [2.05, 4.69) is 23.9 Å². The fourth-order valence-corrected chi connectivity index (χ4v) is 0.548. The van der Waals surface area contributed by atoms with Crippen LogP contribution in [0.4, 0.5) is 0 Å². The van der Waals surface area contributed by atoms with Crippen molar-refractivity contribution in [2.75, 3.05) is 7.05 Å². The van der Waals surface area contributed by atoms with Crippen molar-refractivity contribution in [2.45, 2.75) is 26.8 Å². The summed E-state index contributed by atoms with van der Waals surface area (Å²) in [6, 6.07) is 0.375. The van der Waals surface area contributed by atoms with Gasteiger partial charge < -0.3 is 0 Å². The second-order valence-electron chi connectivity index (χ2n) is 2.22. The first kappa shape index (κ1) is 9.14. The van der Waals surface area contributed by atoms with Gasteiger partial charge in [0.15, 0.2) is 0 Å². The van der Waals surface area contributed by atoms with Crippen LogP contribution in [-0.2, 0) is 0 Å². The highest BCUT2D eigenvalue weighted by atomic mass is 15.5. The van der Waals surface area contributed by atoms with Crippen molar-refractivity contribution >= 4 is 12.6 Å². The summed E-state index contributed by atoms with van der Waals surface area (Å²) in [6.45, 7) is 6.02. The predicted octanol–water partition coefficient (Wildman–Crippen LogP) is 1.36. The van der Waals surface area contributed by atoms with E-state index < -0.39 is 0 Å². The molecule has 0 bridgehead atoms. The summed E-state index contributed by atoms with van der Waals surface area (Å²) in [6.07, 6.45) is 3.46. The van der Waals surface area contributed by atoms with Crippen LogP contribution in [0.1, 0.15) is 20.8 Å². The molecule has 0 unspecified atom stereocenters. The number of rotatable bonds is 3. The molecule has 0 aliphatic rings. The van der Waals surface area contributed by atoms with Gasteiger partial charge in [0.1, 0.15) is 6.34 Å². The summed E-state index contributed by atoms with van der Waals surface area (Å²) in [4.78, 5) is 3.86. The Balaban J connectivity index is 3.98. The molecule has 10 heavy (non-hydrogen) atoms. The molecule has 0 N–H and O–H groups in total. The number of nitrogens with zero attached hydrogens (tertiary/aromatic N) is 3.